The number of pyridine rings is 1. The van der Waals surface area contributed by atoms with Crippen LogP contribution < -0.4 is 10.2 Å². The largest absolute Gasteiger partial charge is 0.352 e. The minimum Gasteiger partial charge on any atom is -0.352 e. The van der Waals surface area contributed by atoms with E-state index in [9.17, 15) is 0 Å². The first kappa shape index (κ1) is 11.7. The van der Waals surface area contributed by atoms with Crippen molar-refractivity contribution in [3.63, 3.8) is 0 Å². The summed E-state index contributed by atoms with van der Waals surface area (Å²) in [7, 11) is 0. The van der Waals surface area contributed by atoms with E-state index in [1.165, 1.54) is 18.4 Å². The Bertz CT molecular complexity index is 449. The molecule has 1 aliphatic heterocycles. The fraction of sp³-hybridized carbons (Fsp3) is 0.533. The molecule has 96 valence electrons. The molecule has 3 heteroatoms. The summed E-state index contributed by atoms with van der Waals surface area (Å²) in [4.78, 5) is 7.14. The van der Waals surface area contributed by atoms with Crippen LogP contribution in [0.1, 0.15) is 31.9 Å². The molecular weight excluding hydrogens is 222 g/mol. The monoisotopic (exact) mass is 243 g/mol. The van der Waals surface area contributed by atoms with Gasteiger partial charge in [0.2, 0.25) is 0 Å². The van der Waals surface area contributed by atoms with E-state index in [2.05, 4.69) is 41.4 Å². The van der Waals surface area contributed by atoms with Crippen LogP contribution in [0.2, 0.25) is 0 Å². The second-order valence-electron chi connectivity index (χ2n) is 5.40. The first-order chi connectivity index (χ1) is 8.81. The molecule has 3 nitrogen and oxygen atoms in total. The third-order valence-corrected chi connectivity index (χ3v) is 3.60. The van der Waals surface area contributed by atoms with E-state index in [0.29, 0.717) is 0 Å². The van der Waals surface area contributed by atoms with Gasteiger partial charge in [-0.15, -0.1) is 0 Å². The predicted octanol–water partition coefficient (Wildman–Crippen LogP) is 2.49. The summed E-state index contributed by atoms with van der Waals surface area (Å²) >= 11 is 0. The zero-order valence-electron chi connectivity index (χ0n) is 11.0. The summed E-state index contributed by atoms with van der Waals surface area (Å²) in [5.41, 5.74) is 2.61. The van der Waals surface area contributed by atoms with Crippen molar-refractivity contribution in [2.75, 3.05) is 18.0 Å². The van der Waals surface area contributed by atoms with Crippen LogP contribution in [0.3, 0.4) is 0 Å². The Kier molecular flexibility index (Phi) is 3.33. The highest BCUT2D eigenvalue weighted by molar-refractivity contribution is 5.42. The lowest BCUT2D eigenvalue weighted by Crippen LogP contribution is -2.30. The molecule has 18 heavy (non-hydrogen) atoms. The molecule has 1 N–H and O–H groups in total. The third kappa shape index (κ3) is 2.91. The summed E-state index contributed by atoms with van der Waals surface area (Å²) in [5, 5.41) is 3.52. The molecule has 0 saturated heterocycles. The molecule has 0 aromatic carbocycles. The van der Waals surface area contributed by atoms with Gasteiger partial charge in [0.05, 0.1) is 5.69 Å². The van der Waals surface area contributed by atoms with Crippen LogP contribution in [-0.2, 0) is 6.54 Å². The maximum Gasteiger partial charge on any atom is 0.129 e. The van der Waals surface area contributed by atoms with Crippen LogP contribution in [0, 0.1) is 0 Å². The van der Waals surface area contributed by atoms with Crippen molar-refractivity contribution >= 4 is 5.82 Å². The molecule has 3 rings (SSSR count). The Labute approximate surface area is 109 Å². The molecule has 1 fully saturated rings. The Balaban J connectivity index is 1.67. The van der Waals surface area contributed by atoms with E-state index in [0.717, 1.165) is 43.6 Å². The molecule has 0 spiro atoms. The van der Waals surface area contributed by atoms with E-state index < -0.39 is 0 Å². The number of anilines is 1. The highest BCUT2D eigenvalue weighted by Crippen LogP contribution is 2.20. The van der Waals surface area contributed by atoms with Gasteiger partial charge >= 0.3 is 0 Å². The van der Waals surface area contributed by atoms with E-state index in [4.69, 9.17) is 4.98 Å². The highest BCUT2D eigenvalue weighted by Gasteiger charge is 2.20. The zero-order valence-corrected chi connectivity index (χ0v) is 11.0. The van der Waals surface area contributed by atoms with Crippen molar-refractivity contribution in [2.24, 2.45) is 0 Å². The molecule has 0 radical (unpaired) electrons. The minimum atomic E-state index is 0.746. The van der Waals surface area contributed by atoms with Crippen LogP contribution in [0.4, 0.5) is 5.82 Å². The second-order valence-corrected chi connectivity index (χ2v) is 5.40. The summed E-state index contributed by atoms with van der Waals surface area (Å²) in [5.74, 6) is 1.12. The summed E-state index contributed by atoms with van der Waals surface area (Å²) < 4.78 is 0. The number of nitrogens with zero attached hydrogens (tertiary/aromatic N) is 2. The van der Waals surface area contributed by atoms with E-state index in [-0.39, 0.29) is 0 Å². The number of aromatic nitrogens is 1. The Hall–Kier alpha value is -1.35. The standard InChI is InChI=1S/C15H21N3/c1-12-4-3-9-18(11-12)15-6-2-5-14(17-15)10-16-13-7-8-13/h2,4-6,13,16H,3,7-11H2,1H3. The van der Waals surface area contributed by atoms with Gasteiger partial charge in [0.15, 0.2) is 0 Å². The average molecular weight is 243 g/mol. The molecular formula is C15H21N3. The van der Waals surface area contributed by atoms with Crippen molar-refractivity contribution in [2.45, 2.75) is 38.8 Å². The number of hydrogen-bond donors (Lipinski definition) is 1. The lowest BCUT2D eigenvalue weighted by molar-refractivity contribution is 0.671. The van der Waals surface area contributed by atoms with Gasteiger partial charge in [-0.1, -0.05) is 17.7 Å². The topological polar surface area (TPSA) is 28.2 Å². The fourth-order valence-electron chi connectivity index (χ4n) is 2.38. The molecule has 0 atom stereocenters. The Morgan fingerprint density at radius 1 is 1.39 bits per heavy atom. The first-order valence-corrected chi connectivity index (χ1v) is 6.91. The Morgan fingerprint density at radius 3 is 3.06 bits per heavy atom. The van der Waals surface area contributed by atoms with Gasteiger partial charge in [-0.3, -0.25) is 0 Å². The average Bonchev–Trinajstić information content (AvgIpc) is 3.21. The molecule has 2 aliphatic rings. The van der Waals surface area contributed by atoms with E-state index >= 15 is 0 Å². The van der Waals surface area contributed by atoms with Crippen LogP contribution in [0.25, 0.3) is 0 Å². The van der Waals surface area contributed by atoms with Gasteiger partial charge in [-0.25, -0.2) is 4.98 Å². The molecule has 0 amide bonds. The fourth-order valence-corrected chi connectivity index (χ4v) is 2.38. The van der Waals surface area contributed by atoms with Crippen molar-refractivity contribution < 1.29 is 0 Å². The van der Waals surface area contributed by atoms with Gasteiger partial charge in [0, 0.05) is 25.7 Å². The summed E-state index contributed by atoms with van der Waals surface area (Å²) in [6.07, 6.45) is 6.12. The number of nitrogens with one attached hydrogen (secondary N) is 1. The van der Waals surface area contributed by atoms with Crippen LogP contribution in [-0.4, -0.2) is 24.1 Å². The summed E-state index contributed by atoms with van der Waals surface area (Å²) in [6.45, 7) is 5.21. The lowest BCUT2D eigenvalue weighted by atomic mass is 10.1. The van der Waals surface area contributed by atoms with Crippen molar-refractivity contribution in [3.8, 4) is 0 Å². The zero-order chi connectivity index (χ0) is 12.4. The van der Waals surface area contributed by atoms with Crippen LogP contribution in [0.5, 0.6) is 0 Å². The van der Waals surface area contributed by atoms with Crippen LogP contribution >= 0.6 is 0 Å². The van der Waals surface area contributed by atoms with Gasteiger partial charge in [-0.2, -0.15) is 0 Å². The van der Waals surface area contributed by atoms with Gasteiger partial charge in [0.1, 0.15) is 5.82 Å². The molecule has 1 aromatic heterocycles. The van der Waals surface area contributed by atoms with E-state index in [1.54, 1.807) is 0 Å². The minimum absolute atomic E-state index is 0.746. The molecule has 0 unspecified atom stereocenters. The lowest BCUT2D eigenvalue weighted by Gasteiger charge is -2.27. The van der Waals surface area contributed by atoms with Gasteiger partial charge in [-0.05, 0) is 38.3 Å². The molecule has 0 bridgehead atoms. The first-order valence-electron chi connectivity index (χ1n) is 6.91. The molecule has 1 aliphatic carbocycles. The SMILES string of the molecule is CC1=CCCN(c2cccc(CNC3CC3)n2)C1. The molecule has 2 heterocycles. The normalized spacial score (nSPS) is 19.8. The highest BCUT2D eigenvalue weighted by atomic mass is 15.2. The van der Waals surface area contributed by atoms with Crippen LogP contribution in [0.15, 0.2) is 29.8 Å². The number of hydrogen-bond acceptors (Lipinski definition) is 3. The smallest absolute Gasteiger partial charge is 0.129 e. The van der Waals surface area contributed by atoms with Gasteiger partial charge in [0.25, 0.3) is 0 Å². The van der Waals surface area contributed by atoms with E-state index in [1.807, 2.05) is 0 Å². The second kappa shape index (κ2) is 5.11. The predicted molar refractivity (Wildman–Crippen MR) is 74.7 cm³/mol. The van der Waals surface area contributed by atoms with Crippen molar-refractivity contribution in [1.29, 1.82) is 0 Å². The number of rotatable bonds is 4. The molecule has 1 saturated carbocycles. The van der Waals surface area contributed by atoms with Gasteiger partial charge < -0.3 is 10.2 Å². The Morgan fingerprint density at radius 2 is 2.28 bits per heavy atom. The quantitative estimate of drug-likeness (QED) is 0.824. The van der Waals surface area contributed by atoms with Crippen molar-refractivity contribution in [3.05, 3.63) is 35.5 Å². The maximum atomic E-state index is 4.77. The molecule has 1 aromatic rings. The summed E-state index contributed by atoms with van der Waals surface area (Å²) in [6, 6.07) is 7.11. The maximum absolute atomic E-state index is 4.77. The van der Waals surface area contributed by atoms with Crippen molar-refractivity contribution in [1.82, 2.24) is 10.3 Å². The third-order valence-electron chi connectivity index (χ3n) is 3.60.